The lowest BCUT2D eigenvalue weighted by Gasteiger charge is -2.29. The molecule has 136 valence electrons. The van der Waals surface area contributed by atoms with Gasteiger partial charge in [0.05, 0.1) is 23.4 Å². The van der Waals surface area contributed by atoms with E-state index >= 15 is 0 Å². The summed E-state index contributed by atoms with van der Waals surface area (Å²) in [6.45, 7) is 0. The molecule has 0 aromatic heterocycles. The maximum absolute atomic E-state index is 9.82. The van der Waals surface area contributed by atoms with E-state index in [1.54, 1.807) is 0 Å². The molecule has 1 aliphatic heterocycles. The van der Waals surface area contributed by atoms with Gasteiger partial charge in [0, 0.05) is 17.1 Å². The van der Waals surface area contributed by atoms with Crippen molar-refractivity contribution in [1.82, 2.24) is 0 Å². The molecule has 0 bridgehead atoms. The maximum Gasteiger partial charge on any atom is 0.0969 e. The van der Waals surface area contributed by atoms with Crippen molar-refractivity contribution in [2.45, 2.75) is 12.5 Å². The van der Waals surface area contributed by atoms with Gasteiger partial charge in [0.1, 0.15) is 0 Å². The summed E-state index contributed by atoms with van der Waals surface area (Å²) in [4.78, 5) is 2.24. The van der Waals surface area contributed by atoms with E-state index in [1.165, 1.54) is 5.56 Å². The highest BCUT2D eigenvalue weighted by Crippen LogP contribution is 2.43. The Balaban J connectivity index is 1.79. The van der Waals surface area contributed by atoms with E-state index in [1.807, 2.05) is 66.7 Å². The number of nitrogens with zero attached hydrogens (tertiary/aromatic N) is 2. The SMILES string of the molecule is N#CC1=C(/C=C/c2ccccc2)N(c2ccc(Cl)cc2)C(c2ccccc2)C1. The van der Waals surface area contributed by atoms with Crippen LogP contribution in [0.2, 0.25) is 5.02 Å². The minimum absolute atomic E-state index is 0.0763. The van der Waals surface area contributed by atoms with Crippen LogP contribution in [0.3, 0.4) is 0 Å². The molecule has 3 heteroatoms. The number of benzene rings is 3. The summed E-state index contributed by atoms with van der Waals surface area (Å²) in [6.07, 6.45) is 4.78. The lowest BCUT2D eigenvalue weighted by Crippen LogP contribution is -2.22. The molecule has 0 saturated heterocycles. The van der Waals surface area contributed by atoms with E-state index in [0.29, 0.717) is 11.4 Å². The first-order valence-corrected chi connectivity index (χ1v) is 9.60. The van der Waals surface area contributed by atoms with Crippen molar-refractivity contribution in [2.24, 2.45) is 0 Å². The van der Waals surface area contributed by atoms with E-state index < -0.39 is 0 Å². The first-order chi connectivity index (χ1) is 13.8. The number of allylic oxidation sites excluding steroid dienone is 1. The van der Waals surface area contributed by atoms with E-state index in [-0.39, 0.29) is 6.04 Å². The average Bonchev–Trinajstić information content (AvgIpc) is 3.13. The molecule has 0 fully saturated rings. The number of hydrogen-bond acceptors (Lipinski definition) is 2. The highest BCUT2D eigenvalue weighted by atomic mass is 35.5. The van der Waals surface area contributed by atoms with E-state index in [9.17, 15) is 5.26 Å². The zero-order chi connectivity index (χ0) is 19.3. The summed E-state index contributed by atoms with van der Waals surface area (Å²) in [5, 5.41) is 10.5. The minimum Gasteiger partial charge on any atom is -0.333 e. The molecular formula is C25H19ClN2. The zero-order valence-electron chi connectivity index (χ0n) is 15.3. The van der Waals surface area contributed by atoms with E-state index in [2.05, 4.69) is 41.3 Å². The molecule has 4 rings (SSSR count). The second-order valence-electron chi connectivity index (χ2n) is 6.70. The monoisotopic (exact) mass is 382 g/mol. The van der Waals surface area contributed by atoms with Crippen molar-refractivity contribution in [1.29, 1.82) is 5.26 Å². The van der Waals surface area contributed by atoms with Crippen LogP contribution in [-0.2, 0) is 0 Å². The molecule has 1 heterocycles. The fraction of sp³-hybridized carbons (Fsp3) is 0.0800. The van der Waals surface area contributed by atoms with Gasteiger partial charge in [-0.3, -0.25) is 0 Å². The van der Waals surface area contributed by atoms with Crippen LogP contribution in [0, 0.1) is 11.3 Å². The quantitative estimate of drug-likeness (QED) is 0.497. The molecule has 2 nitrogen and oxygen atoms in total. The molecule has 0 amide bonds. The third kappa shape index (κ3) is 3.71. The van der Waals surface area contributed by atoms with Crippen molar-refractivity contribution >= 4 is 23.4 Å². The molecule has 28 heavy (non-hydrogen) atoms. The fourth-order valence-corrected chi connectivity index (χ4v) is 3.71. The van der Waals surface area contributed by atoms with Gasteiger partial charge in [-0.1, -0.05) is 78.3 Å². The lowest BCUT2D eigenvalue weighted by atomic mass is 10.0. The predicted octanol–water partition coefficient (Wildman–Crippen LogP) is 6.78. The van der Waals surface area contributed by atoms with Crippen LogP contribution in [-0.4, -0.2) is 0 Å². The fourth-order valence-electron chi connectivity index (χ4n) is 3.59. The molecule has 0 radical (unpaired) electrons. The van der Waals surface area contributed by atoms with Gasteiger partial charge in [0.2, 0.25) is 0 Å². The van der Waals surface area contributed by atoms with Crippen LogP contribution in [0.15, 0.2) is 102 Å². The van der Waals surface area contributed by atoms with Crippen LogP contribution >= 0.6 is 11.6 Å². The highest BCUT2D eigenvalue weighted by Gasteiger charge is 2.32. The van der Waals surface area contributed by atoms with Gasteiger partial charge < -0.3 is 4.90 Å². The Bertz CT molecular complexity index is 1050. The predicted molar refractivity (Wildman–Crippen MR) is 116 cm³/mol. The number of hydrogen-bond donors (Lipinski definition) is 0. The Morgan fingerprint density at radius 3 is 2.14 bits per heavy atom. The minimum atomic E-state index is 0.0763. The van der Waals surface area contributed by atoms with Gasteiger partial charge in [0.15, 0.2) is 0 Å². The number of rotatable bonds is 4. The average molecular weight is 383 g/mol. The van der Waals surface area contributed by atoms with E-state index in [0.717, 1.165) is 22.5 Å². The molecule has 1 aliphatic rings. The smallest absolute Gasteiger partial charge is 0.0969 e. The second kappa shape index (κ2) is 8.17. The molecule has 0 saturated carbocycles. The number of nitriles is 1. The van der Waals surface area contributed by atoms with E-state index in [4.69, 9.17) is 11.6 Å². The summed E-state index contributed by atoms with van der Waals surface area (Å²) >= 11 is 6.11. The Labute approximate surface area is 170 Å². The van der Waals surface area contributed by atoms with Crippen LogP contribution < -0.4 is 4.90 Å². The van der Waals surface area contributed by atoms with Crippen molar-refractivity contribution in [3.63, 3.8) is 0 Å². The Morgan fingerprint density at radius 1 is 0.857 bits per heavy atom. The van der Waals surface area contributed by atoms with Crippen molar-refractivity contribution in [3.8, 4) is 6.07 Å². The van der Waals surface area contributed by atoms with Crippen LogP contribution in [0.4, 0.5) is 5.69 Å². The lowest BCUT2D eigenvalue weighted by molar-refractivity contribution is 0.730. The summed E-state index contributed by atoms with van der Waals surface area (Å²) in [5.74, 6) is 0. The van der Waals surface area contributed by atoms with Gasteiger partial charge >= 0.3 is 0 Å². The Hall–Kier alpha value is -3.28. The Kier molecular flexibility index (Phi) is 5.28. The first-order valence-electron chi connectivity index (χ1n) is 9.22. The van der Waals surface area contributed by atoms with Crippen LogP contribution in [0.1, 0.15) is 23.6 Å². The van der Waals surface area contributed by atoms with Crippen LogP contribution in [0.25, 0.3) is 6.08 Å². The van der Waals surface area contributed by atoms with Gasteiger partial charge in [-0.15, -0.1) is 0 Å². The second-order valence-corrected chi connectivity index (χ2v) is 7.13. The molecule has 0 spiro atoms. The maximum atomic E-state index is 9.82. The molecule has 1 atom stereocenters. The molecular weight excluding hydrogens is 364 g/mol. The third-order valence-electron chi connectivity index (χ3n) is 4.94. The highest BCUT2D eigenvalue weighted by molar-refractivity contribution is 6.30. The standard InChI is InChI=1S/C25H19ClN2/c26-22-12-14-23(15-13-22)28-24(16-11-19-7-3-1-4-8-19)21(18-27)17-25(28)20-9-5-2-6-10-20/h1-16,25H,17H2/b16-11+. The molecule has 3 aromatic rings. The molecule has 0 aliphatic carbocycles. The van der Waals surface area contributed by atoms with Crippen molar-refractivity contribution in [2.75, 3.05) is 4.90 Å². The molecule has 3 aromatic carbocycles. The molecule has 1 unspecified atom stereocenters. The van der Waals surface area contributed by atoms with Gasteiger partial charge in [0.25, 0.3) is 0 Å². The largest absolute Gasteiger partial charge is 0.333 e. The van der Waals surface area contributed by atoms with Crippen molar-refractivity contribution in [3.05, 3.63) is 118 Å². The van der Waals surface area contributed by atoms with Gasteiger partial charge in [-0.25, -0.2) is 0 Å². The normalized spacial score (nSPS) is 16.6. The topological polar surface area (TPSA) is 27.0 Å². The third-order valence-corrected chi connectivity index (χ3v) is 5.19. The summed E-state index contributed by atoms with van der Waals surface area (Å²) < 4.78 is 0. The summed E-state index contributed by atoms with van der Waals surface area (Å²) in [7, 11) is 0. The summed E-state index contributed by atoms with van der Waals surface area (Å²) in [6, 6.07) is 30.8. The van der Waals surface area contributed by atoms with Crippen LogP contribution in [0.5, 0.6) is 0 Å². The number of anilines is 1. The molecule has 0 N–H and O–H groups in total. The number of halogens is 1. The summed E-state index contributed by atoms with van der Waals surface area (Å²) in [5.41, 5.74) is 5.04. The van der Waals surface area contributed by atoms with Crippen molar-refractivity contribution < 1.29 is 0 Å². The van der Waals surface area contributed by atoms with Gasteiger partial charge in [-0.05, 0) is 41.5 Å². The zero-order valence-corrected chi connectivity index (χ0v) is 16.1. The first kappa shape index (κ1) is 18.1. The Morgan fingerprint density at radius 2 is 1.50 bits per heavy atom. The van der Waals surface area contributed by atoms with Gasteiger partial charge in [-0.2, -0.15) is 5.26 Å².